The third-order valence-electron chi connectivity index (χ3n) is 2.64. The number of anilines is 1. The molecule has 2 aromatic heterocycles. The molecule has 1 atom stereocenters. The number of hydrogen-bond acceptors (Lipinski definition) is 4. The van der Waals surface area contributed by atoms with E-state index in [4.69, 9.17) is 11.5 Å². The first-order chi connectivity index (χ1) is 7.99. The average Bonchev–Trinajstić information content (AvgIpc) is 2.52. The van der Waals surface area contributed by atoms with Crippen molar-refractivity contribution in [1.82, 2.24) is 14.5 Å². The monoisotopic (exact) mass is 233 g/mol. The van der Waals surface area contributed by atoms with E-state index in [1.165, 1.54) is 0 Å². The van der Waals surface area contributed by atoms with Gasteiger partial charge in [0.25, 0.3) is 0 Å². The lowest BCUT2D eigenvalue weighted by atomic mass is 10.2. The first kappa shape index (κ1) is 11.4. The number of nitrogens with two attached hydrogens (primary N) is 2. The van der Waals surface area contributed by atoms with Crippen molar-refractivity contribution in [3.05, 3.63) is 17.8 Å². The minimum atomic E-state index is -0.369. The number of imidazole rings is 1. The molecule has 0 aliphatic rings. The molecule has 0 saturated heterocycles. The SMILES string of the molecule is Cc1ccc2nc(N)n(C(C)CC(N)=O)c2n1. The number of aromatic nitrogens is 3. The van der Waals surface area contributed by atoms with Crippen LogP contribution < -0.4 is 11.5 Å². The summed E-state index contributed by atoms with van der Waals surface area (Å²) in [5.41, 5.74) is 13.3. The van der Waals surface area contributed by atoms with Gasteiger partial charge in [-0.1, -0.05) is 0 Å². The van der Waals surface area contributed by atoms with Crippen molar-refractivity contribution in [2.75, 3.05) is 5.73 Å². The molecule has 0 aliphatic heterocycles. The van der Waals surface area contributed by atoms with E-state index < -0.39 is 0 Å². The van der Waals surface area contributed by atoms with Crippen molar-refractivity contribution in [2.24, 2.45) is 5.73 Å². The zero-order valence-electron chi connectivity index (χ0n) is 9.84. The Morgan fingerprint density at radius 3 is 2.82 bits per heavy atom. The smallest absolute Gasteiger partial charge is 0.219 e. The number of rotatable bonds is 3. The van der Waals surface area contributed by atoms with Gasteiger partial charge in [-0.15, -0.1) is 0 Å². The molecule has 2 heterocycles. The Morgan fingerprint density at radius 1 is 1.47 bits per heavy atom. The summed E-state index contributed by atoms with van der Waals surface area (Å²) in [6, 6.07) is 3.59. The van der Waals surface area contributed by atoms with E-state index in [0.29, 0.717) is 11.6 Å². The maximum atomic E-state index is 10.9. The van der Waals surface area contributed by atoms with Gasteiger partial charge in [-0.3, -0.25) is 9.36 Å². The van der Waals surface area contributed by atoms with Crippen LogP contribution in [0.5, 0.6) is 0 Å². The van der Waals surface area contributed by atoms with Crippen LogP contribution in [0.4, 0.5) is 5.95 Å². The van der Waals surface area contributed by atoms with Crippen LogP contribution >= 0.6 is 0 Å². The number of hydrogen-bond donors (Lipinski definition) is 2. The summed E-state index contributed by atoms with van der Waals surface area (Å²) in [6.07, 6.45) is 0.214. The van der Waals surface area contributed by atoms with E-state index in [9.17, 15) is 4.79 Å². The van der Waals surface area contributed by atoms with Crippen LogP contribution in [0.25, 0.3) is 11.2 Å². The highest BCUT2D eigenvalue weighted by Gasteiger charge is 2.16. The molecule has 2 rings (SSSR count). The van der Waals surface area contributed by atoms with Gasteiger partial charge in [0.1, 0.15) is 5.52 Å². The second-order valence-corrected chi connectivity index (χ2v) is 4.15. The van der Waals surface area contributed by atoms with Crippen molar-refractivity contribution in [3.8, 4) is 0 Å². The van der Waals surface area contributed by atoms with Crippen molar-refractivity contribution < 1.29 is 4.79 Å². The molecule has 0 saturated carbocycles. The molecule has 4 N–H and O–H groups in total. The van der Waals surface area contributed by atoms with Crippen molar-refractivity contribution >= 4 is 23.0 Å². The zero-order chi connectivity index (χ0) is 12.6. The minimum Gasteiger partial charge on any atom is -0.370 e. The van der Waals surface area contributed by atoms with Crippen molar-refractivity contribution in [2.45, 2.75) is 26.3 Å². The summed E-state index contributed by atoms with van der Waals surface area (Å²) >= 11 is 0. The molecule has 0 aliphatic carbocycles. The number of primary amides is 1. The quantitative estimate of drug-likeness (QED) is 0.817. The highest BCUT2D eigenvalue weighted by molar-refractivity contribution is 5.77. The second-order valence-electron chi connectivity index (χ2n) is 4.15. The van der Waals surface area contributed by atoms with Crippen LogP contribution in [0, 0.1) is 6.92 Å². The lowest BCUT2D eigenvalue weighted by Gasteiger charge is -2.13. The standard InChI is InChI=1S/C11H15N5O/c1-6-3-4-8-10(14-6)16(11(13)15-8)7(2)5-9(12)17/h3-4,7H,5H2,1-2H3,(H2,12,17)(H2,13,15). The van der Waals surface area contributed by atoms with Gasteiger partial charge in [-0.2, -0.15) is 0 Å². The predicted molar refractivity (Wildman–Crippen MR) is 65.2 cm³/mol. The minimum absolute atomic E-state index is 0.146. The molecule has 1 unspecified atom stereocenters. The largest absolute Gasteiger partial charge is 0.370 e. The molecule has 6 heteroatoms. The molecule has 17 heavy (non-hydrogen) atoms. The van der Waals surface area contributed by atoms with Crippen LogP contribution in [0.1, 0.15) is 25.1 Å². The van der Waals surface area contributed by atoms with E-state index in [1.54, 1.807) is 4.57 Å². The molecule has 0 spiro atoms. The zero-order valence-corrected chi connectivity index (χ0v) is 9.84. The Kier molecular flexibility index (Phi) is 2.71. The van der Waals surface area contributed by atoms with E-state index >= 15 is 0 Å². The van der Waals surface area contributed by atoms with E-state index in [-0.39, 0.29) is 18.4 Å². The van der Waals surface area contributed by atoms with E-state index in [0.717, 1.165) is 11.2 Å². The van der Waals surface area contributed by atoms with Crippen LogP contribution in [-0.2, 0) is 4.79 Å². The third-order valence-corrected chi connectivity index (χ3v) is 2.64. The van der Waals surface area contributed by atoms with Gasteiger partial charge in [-0.25, -0.2) is 9.97 Å². The Balaban J connectivity index is 2.55. The van der Waals surface area contributed by atoms with Crippen LogP contribution in [0.3, 0.4) is 0 Å². The fourth-order valence-electron chi connectivity index (χ4n) is 1.90. The Hall–Kier alpha value is -2.11. The number of nitrogen functional groups attached to an aromatic ring is 1. The summed E-state index contributed by atoms with van der Waals surface area (Å²) in [7, 11) is 0. The van der Waals surface area contributed by atoms with Crippen LogP contribution in [0.2, 0.25) is 0 Å². The molecule has 1 amide bonds. The number of fused-ring (bicyclic) bond motifs is 1. The molecular formula is C11H15N5O. The lowest BCUT2D eigenvalue weighted by Crippen LogP contribution is -2.18. The fraction of sp³-hybridized carbons (Fsp3) is 0.364. The number of pyridine rings is 1. The molecule has 6 nitrogen and oxygen atoms in total. The highest BCUT2D eigenvalue weighted by atomic mass is 16.1. The molecule has 0 aromatic carbocycles. The molecule has 0 fully saturated rings. The fourth-order valence-corrected chi connectivity index (χ4v) is 1.90. The Bertz CT molecular complexity index is 574. The first-order valence-electron chi connectivity index (χ1n) is 5.38. The topological polar surface area (TPSA) is 99.8 Å². The molecule has 0 radical (unpaired) electrons. The normalized spacial score (nSPS) is 12.8. The predicted octanol–water partition coefficient (Wildman–Crippen LogP) is 0.758. The van der Waals surface area contributed by atoms with Gasteiger partial charge >= 0.3 is 0 Å². The second kappa shape index (κ2) is 4.04. The van der Waals surface area contributed by atoms with Crippen molar-refractivity contribution in [3.63, 3.8) is 0 Å². The van der Waals surface area contributed by atoms with Gasteiger partial charge in [0.05, 0.1) is 0 Å². The summed E-state index contributed by atoms with van der Waals surface area (Å²) in [5, 5.41) is 0. The van der Waals surface area contributed by atoms with Gasteiger partial charge in [-0.05, 0) is 26.0 Å². The number of nitrogens with zero attached hydrogens (tertiary/aromatic N) is 3. The Labute approximate surface area is 98.6 Å². The van der Waals surface area contributed by atoms with E-state index in [1.807, 2.05) is 26.0 Å². The first-order valence-corrected chi connectivity index (χ1v) is 5.38. The molecule has 0 bridgehead atoms. The summed E-state index contributed by atoms with van der Waals surface area (Å²) < 4.78 is 1.74. The number of carbonyl (C=O) groups is 1. The maximum Gasteiger partial charge on any atom is 0.219 e. The lowest BCUT2D eigenvalue weighted by molar-refractivity contribution is -0.118. The maximum absolute atomic E-state index is 10.9. The van der Waals surface area contributed by atoms with Gasteiger partial charge in [0, 0.05) is 18.2 Å². The van der Waals surface area contributed by atoms with Gasteiger partial charge in [0.15, 0.2) is 5.65 Å². The van der Waals surface area contributed by atoms with Gasteiger partial charge < -0.3 is 11.5 Å². The van der Waals surface area contributed by atoms with Crippen LogP contribution in [0.15, 0.2) is 12.1 Å². The molecule has 2 aromatic rings. The summed E-state index contributed by atoms with van der Waals surface area (Å²) in [5.74, 6) is -0.0155. The number of amides is 1. The summed E-state index contributed by atoms with van der Waals surface area (Å²) in [6.45, 7) is 3.76. The summed E-state index contributed by atoms with van der Waals surface area (Å²) in [4.78, 5) is 19.5. The van der Waals surface area contributed by atoms with Crippen LogP contribution in [-0.4, -0.2) is 20.4 Å². The number of aryl methyl sites for hydroxylation is 1. The number of carbonyl (C=O) groups excluding carboxylic acids is 1. The van der Waals surface area contributed by atoms with Gasteiger partial charge in [0.2, 0.25) is 11.9 Å². The molecular weight excluding hydrogens is 218 g/mol. The van der Waals surface area contributed by atoms with E-state index in [2.05, 4.69) is 9.97 Å². The Morgan fingerprint density at radius 2 is 2.18 bits per heavy atom. The van der Waals surface area contributed by atoms with Crippen molar-refractivity contribution in [1.29, 1.82) is 0 Å². The highest BCUT2D eigenvalue weighted by Crippen LogP contribution is 2.23. The third kappa shape index (κ3) is 2.06. The average molecular weight is 233 g/mol. The molecule has 90 valence electrons.